The molecule has 0 radical (unpaired) electrons. The third kappa shape index (κ3) is 5.63. The number of nitrogens with zero attached hydrogens (tertiary/aromatic N) is 4. The normalized spacial score (nSPS) is 13.9. The van der Waals surface area contributed by atoms with Crippen LogP contribution in [0.25, 0.3) is 11.0 Å². The second kappa shape index (κ2) is 9.94. The van der Waals surface area contributed by atoms with Crippen molar-refractivity contribution in [3.8, 4) is 0 Å². The number of fused-ring (bicyclic) bond motifs is 1. The number of aromatic carboxylic acids is 1. The number of aromatic nitrogens is 3. The molecule has 33 heavy (non-hydrogen) atoms. The van der Waals surface area contributed by atoms with Crippen molar-refractivity contribution in [2.75, 3.05) is 36.8 Å². The maximum Gasteiger partial charge on any atom is 0.341 e. The summed E-state index contributed by atoms with van der Waals surface area (Å²) in [5, 5.41) is 17.5. The van der Waals surface area contributed by atoms with Crippen LogP contribution in [-0.4, -0.2) is 60.2 Å². The van der Waals surface area contributed by atoms with Crippen LogP contribution >= 0.6 is 0 Å². The molecule has 0 saturated carbocycles. The van der Waals surface area contributed by atoms with E-state index < -0.39 is 21.4 Å². The number of carboxylic acids is 1. The summed E-state index contributed by atoms with van der Waals surface area (Å²) in [4.78, 5) is 34.3. The van der Waals surface area contributed by atoms with Crippen LogP contribution in [0.5, 0.6) is 0 Å². The molecule has 0 bridgehead atoms. The second-order valence-electron chi connectivity index (χ2n) is 7.22. The summed E-state index contributed by atoms with van der Waals surface area (Å²) in [6, 6.07) is 5.70. The standard InChI is InChI=1S/C14H17N5O3.C6H8N2O2S/c1-2-18-8-10(13(21)22)11(20)9-7-16-14(17-12(9)18)19-5-3-15-4-6-19;7-5-1-3-6(4-2-5)11(8,9)10/h7-8,15H,2-6H2,1H3,(H,21,22);1-4H,7H2,(H2,8,9,10). The van der Waals surface area contributed by atoms with E-state index >= 15 is 0 Å². The lowest BCUT2D eigenvalue weighted by molar-refractivity contribution is 0.0695. The SMILES string of the molecule is CCn1cc(C(=O)O)c(=O)c2cnc(N3CCNCC3)nc21.Nc1ccc(S(N)(=O)=O)cc1. The van der Waals surface area contributed by atoms with Crippen LogP contribution in [0.15, 0.2) is 46.3 Å². The number of hydrogen-bond donors (Lipinski definition) is 4. The van der Waals surface area contributed by atoms with Crippen LogP contribution in [0.2, 0.25) is 0 Å². The first-order chi connectivity index (χ1) is 15.6. The second-order valence-corrected chi connectivity index (χ2v) is 8.78. The lowest BCUT2D eigenvalue weighted by atomic mass is 10.2. The van der Waals surface area contributed by atoms with Gasteiger partial charge in [0.05, 0.1) is 10.3 Å². The van der Waals surface area contributed by atoms with Crippen molar-refractivity contribution in [3.05, 3.63) is 52.4 Å². The maximum atomic E-state index is 12.2. The summed E-state index contributed by atoms with van der Waals surface area (Å²) in [6.45, 7) is 5.72. The molecule has 0 aliphatic carbocycles. The number of pyridine rings is 1. The van der Waals surface area contributed by atoms with Gasteiger partial charge in [0.15, 0.2) is 0 Å². The number of anilines is 2. The van der Waals surface area contributed by atoms with Gasteiger partial charge in [0.25, 0.3) is 0 Å². The smallest absolute Gasteiger partial charge is 0.341 e. The lowest BCUT2D eigenvalue weighted by Gasteiger charge is -2.27. The highest BCUT2D eigenvalue weighted by Gasteiger charge is 2.18. The summed E-state index contributed by atoms with van der Waals surface area (Å²) in [7, 11) is -3.58. The first-order valence-corrected chi connectivity index (χ1v) is 11.6. The zero-order valence-electron chi connectivity index (χ0n) is 17.9. The van der Waals surface area contributed by atoms with E-state index in [1.807, 2.05) is 11.8 Å². The van der Waals surface area contributed by atoms with E-state index in [1.165, 1.54) is 36.7 Å². The van der Waals surface area contributed by atoms with Crippen molar-refractivity contribution < 1.29 is 18.3 Å². The summed E-state index contributed by atoms with van der Waals surface area (Å²) in [6.07, 6.45) is 2.78. The van der Waals surface area contributed by atoms with Gasteiger partial charge < -0.3 is 25.6 Å². The topological polar surface area (TPSA) is 187 Å². The van der Waals surface area contributed by atoms with E-state index in [9.17, 15) is 18.0 Å². The third-order valence-electron chi connectivity index (χ3n) is 4.98. The van der Waals surface area contributed by atoms with Gasteiger partial charge in [0.1, 0.15) is 11.2 Å². The van der Waals surface area contributed by atoms with Crippen LogP contribution in [-0.2, 0) is 16.6 Å². The minimum absolute atomic E-state index is 0.0756. The van der Waals surface area contributed by atoms with Crippen molar-refractivity contribution in [3.63, 3.8) is 0 Å². The summed E-state index contributed by atoms with van der Waals surface area (Å²) < 4.78 is 23.0. The summed E-state index contributed by atoms with van der Waals surface area (Å²) >= 11 is 0. The quantitative estimate of drug-likeness (QED) is 0.369. The van der Waals surface area contributed by atoms with Crippen molar-refractivity contribution in [1.82, 2.24) is 19.9 Å². The number of hydrogen-bond acceptors (Lipinski definition) is 9. The Hall–Kier alpha value is -3.55. The Morgan fingerprint density at radius 3 is 2.39 bits per heavy atom. The number of carbonyl (C=O) groups is 1. The number of nitrogens with two attached hydrogens (primary N) is 2. The molecule has 1 aromatic carbocycles. The average Bonchev–Trinajstić information content (AvgIpc) is 2.79. The van der Waals surface area contributed by atoms with Gasteiger partial charge in [-0.25, -0.2) is 23.3 Å². The zero-order chi connectivity index (χ0) is 24.2. The molecule has 6 N–H and O–H groups in total. The minimum Gasteiger partial charge on any atom is -0.477 e. The molecule has 0 amide bonds. The highest BCUT2D eigenvalue weighted by molar-refractivity contribution is 7.89. The number of sulfonamides is 1. The molecule has 4 rings (SSSR count). The predicted molar refractivity (Wildman–Crippen MR) is 124 cm³/mol. The number of nitrogens with one attached hydrogen (secondary N) is 1. The molecule has 0 spiro atoms. The number of carboxylic acid groups (broad SMARTS) is 1. The van der Waals surface area contributed by atoms with E-state index in [0.29, 0.717) is 23.8 Å². The Bertz CT molecular complexity index is 1320. The van der Waals surface area contributed by atoms with Crippen LogP contribution < -0.4 is 26.5 Å². The van der Waals surface area contributed by atoms with Crippen molar-refractivity contribution in [2.24, 2.45) is 5.14 Å². The number of piperazine rings is 1. The van der Waals surface area contributed by atoms with Crippen LogP contribution in [0.4, 0.5) is 11.6 Å². The van der Waals surface area contributed by atoms with Gasteiger partial charge >= 0.3 is 5.97 Å². The molecule has 12 nitrogen and oxygen atoms in total. The molecule has 13 heteroatoms. The fourth-order valence-corrected chi connectivity index (χ4v) is 3.75. The van der Waals surface area contributed by atoms with E-state index in [2.05, 4.69) is 15.3 Å². The Labute approximate surface area is 189 Å². The molecule has 0 atom stereocenters. The molecule has 2 aromatic heterocycles. The highest BCUT2D eigenvalue weighted by atomic mass is 32.2. The van der Waals surface area contributed by atoms with Crippen LogP contribution in [0.3, 0.4) is 0 Å². The maximum absolute atomic E-state index is 12.2. The van der Waals surface area contributed by atoms with Gasteiger partial charge in [-0.3, -0.25) is 4.79 Å². The van der Waals surface area contributed by atoms with Gasteiger partial charge in [-0.05, 0) is 31.2 Å². The predicted octanol–water partition coefficient (Wildman–Crippen LogP) is -0.165. The van der Waals surface area contributed by atoms with E-state index in [-0.39, 0.29) is 15.8 Å². The Balaban J connectivity index is 0.000000235. The summed E-state index contributed by atoms with van der Waals surface area (Å²) in [5.41, 5.74) is 5.52. The van der Waals surface area contributed by atoms with Gasteiger partial charge in [0, 0.05) is 50.8 Å². The Morgan fingerprint density at radius 1 is 1.21 bits per heavy atom. The monoisotopic (exact) mass is 475 g/mol. The largest absolute Gasteiger partial charge is 0.477 e. The molecular formula is C20H25N7O5S. The van der Waals surface area contributed by atoms with Crippen LogP contribution in [0, 0.1) is 0 Å². The van der Waals surface area contributed by atoms with E-state index in [4.69, 9.17) is 16.0 Å². The van der Waals surface area contributed by atoms with Crippen LogP contribution in [0.1, 0.15) is 17.3 Å². The van der Waals surface area contributed by atoms with Gasteiger partial charge in [-0.2, -0.15) is 4.98 Å². The van der Waals surface area contributed by atoms with Gasteiger partial charge in [-0.15, -0.1) is 0 Å². The molecule has 1 fully saturated rings. The summed E-state index contributed by atoms with van der Waals surface area (Å²) in [5.74, 6) is -0.668. The molecule has 3 heterocycles. The molecule has 0 unspecified atom stereocenters. The van der Waals surface area contributed by atoms with Crippen molar-refractivity contribution in [2.45, 2.75) is 18.4 Å². The molecule has 3 aromatic rings. The molecule has 1 aliphatic heterocycles. The number of primary sulfonamides is 1. The Morgan fingerprint density at radius 2 is 1.85 bits per heavy atom. The number of nitrogen functional groups attached to an aromatic ring is 1. The lowest BCUT2D eigenvalue weighted by Crippen LogP contribution is -2.44. The molecule has 176 valence electrons. The van der Waals surface area contributed by atoms with Gasteiger partial charge in [-0.1, -0.05) is 0 Å². The average molecular weight is 476 g/mol. The molecule has 1 saturated heterocycles. The fraction of sp³-hybridized carbons (Fsp3) is 0.300. The first kappa shape index (κ1) is 24.1. The fourth-order valence-electron chi connectivity index (χ4n) is 3.23. The van der Waals surface area contributed by atoms with Crippen molar-refractivity contribution >= 4 is 38.7 Å². The minimum atomic E-state index is -3.58. The molecular weight excluding hydrogens is 450 g/mol. The van der Waals surface area contributed by atoms with E-state index in [0.717, 1.165) is 26.2 Å². The third-order valence-corrected chi connectivity index (χ3v) is 5.91. The molecule has 1 aliphatic rings. The van der Waals surface area contributed by atoms with Gasteiger partial charge in [0.2, 0.25) is 21.4 Å². The number of aryl methyl sites for hydroxylation is 1. The number of rotatable bonds is 4. The first-order valence-electron chi connectivity index (χ1n) is 10.1. The number of benzene rings is 1. The van der Waals surface area contributed by atoms with Crippen molar-refractivity contribution in [1.29, 1.82) is 0 Å². The zero-order valence-corrected chi connectivity index (χ0v) is 18.7. The Kier molecular flexibility index (Phi) is 7.26. The highest BCUT2D eigenvalue weighted by Crippen LogP contribution is 2.15. The van der Waals surface area contributed by atoms with E-state index in [1.54, 1.807) is 4.57 Å².